The maximum atomic E-state index is 5.33. The molecule has 0 atom stereocenters. The van der Waals surface area contributed by atoms with Gasteiger partial charge >= 0.3 is 7.12 Å². The first-order valence-electron chi connectivity index (χ1n) is 6.35. The van der Waals surface area contributed by atoms with Crippen molar-refractivity contribution in [1.29, 1.82) is 0 Å². The second-order valence-corrected chi connectivity index (χ2v) is 9.46. The van der Waals surface area contributed by atoms with Gasteiger partial charge in [0.25, 0.3) is 0 Å². The topological polar surface area (TPSA) is 18.5 Å². The Kier molecular flexibility index (Phi) is 6.10. The van der Waals surface area contributed by atoms with Gasteiger partial charge in [0.1, 0.15) is 0 Å². The zero-order chi connectivity index (χ0) is 11.9. The lowest BCUT2D eigenvalue weighted by Crippen LogP contribution is -2.28. The van der Waals surface area contributed by atoms with Gasteiger partial charge in [-0.25, -0.2) is 0 Å². The second kappa shape index (κ2) is 7.09. The average Bonchev–Trinajstić information content (AvgIpc) is 2.83. The van der Waals surface area contributed by atoms with Crippen molar-refractivity contribution in [2.75, 3.05) is 13.2 Å². The van der Waals surface area contributed by atoms with Crippen molar-refractivity contribution in [1.82, 2.24) is 0 Å². The molecule has 1 heterocycles. The van der Waals surface area contributed by atoms with Crippen molar-refractivity contribution in [2.24, 2.45) is 0 Å². The molecular weight excluding hydrogens is 215 g/mol. The first-order chi connectivity index (χ1) is 7.76. The van der Waals surface area contributed by atoms with Crippen LogP contribution in [0.4, 0.5) is 0 Å². The van der Waals surface area contributed by atoms with Crippen LogP contribution in [0.3, 0.4) is 0 Å². The minimum Gasteiger partial charge on any atom is -0.405 e. The van der Waals surface area contributed by atoms with Gasteiger partial charge < -0.3 is 9.31 Å². The van der Waals surface area contributed by atoms with Crippen LogP contribution in [0, 0.1) is 0 Å². The summed E-state index contributed by atoms with van der Waals surface area (Å²) < 4.78 is 10.7. The Balaban J connectivity index is 2.44. The Morgan fingerprint density at radius 2 is 1.56 bits per heavy atom. The van der Waals surface area contributed by atoms with Gasteiger partial charge in [0.15, 0.2) is 0 Å². The van der Waals surface area contributed by atoms with Gasteiger partial charge in [-0.2, -0.15) is 0 Å². The van der Waals surface area contributed by atoms with Crippen LogP contribution < -0.4 is 0 Å². The maximum absolute atomic E-state index is 5.33. The van der Waals surface area contributed by atoms with Crippen molar-refractivity contribution in [3.05, 3.63) is 23.8 Å². The summed E-state index contributed by atoms with van der Waals surface area (Å²) in [5.41, 5.74) is 2.46. The molecule has 0 aliphatic carbocycles. The molecule has 1 aliphatic rings. The first-order valence-corrected chi connectivity index (χ1v) is 9.05. The van der Waals surface area contributed by atoms with E-state index in [-0.39, 0.29) is 7.12 Å². The molecule has 0 aromatic rings. The predicted octanol–water partition coefficient (Wildman–Crippen LogP) is 3.22. The van der Waals surface area contributed by atoms with E-state index in [0.717, 1.165) is 13.2 Å². The van der Waals surface area contributed by atoms with Gasteiger partial charge in [-0.3, -0.25) is 0 Å². The summed E-state index contributed by atoms with van der Waals surface area (Å²) in [5.74, 6) is 1.99. The normalized spacial score (nSPS) is 18.1. The molecule has 2 nitrogen and oxygen atoms in total. The Bertz CT molecular complexity index is 235. The molecular formula is C12H23BO2Si. The lowest BCUT2D eigenvalue weighted by molar-refractivity contribution is 0.365. The largest absolute Gasteiger partial charge is 0.486 e. The fourth-order valence-electron chi connectivity index (χ4n) is 2.01. The molecule has 16 heavy (non-hydrogen) atoms. The predicted molar refractivity (Wildman–Crippen MR) is 73.1 cm³/mol. The summed E-state index contributed by atoms with van der Waals surface area (Å²) in [6.07, 6.45) is 4.26. The molecule has 1 fully saturated rings. The number of allylic oxidation sites excluding steroid dienone is 2. The van der Waals surface area contributed by atoms with E-state index in [1.807, 2.05) is 5.98 Å². The Labute approximate surface area is 101 Å². The molecule has 0 spiro atoms. The smallest absolute Gasteiger partial charge is 0.405 e. The quantitative estimate of drug-likeness (QED) is 0.522. The van der Waals surface area contributed by atoms with Crippen LogP contribution in [0.15, 0.2) is 23.8 Å². The van der Waals surface area contributed by atoms with Crippen LogP contribution in [0.5, 0.6) is 0 Å². The standard InChI is InChI=1S/C12H23BO2Si/c1-4-16(5-2,6-3)12-8-7-9-13-14-10-11-15-13/h7-9,12H,4-6,10-11H2,1-3H3/b9-7+,12-8+. The fourth-order valence-corrected chi connectivity index (χ4v) is 4.73. The van der Waals surface area contributed by atoms with E-state index in [1.165, 1.54) is 18.1 Å². The Morgan fingerprint density at radius 3 is 2.06 bits per heavy atom. The molecule has 4 heteroatoms. The molecule has 0 unspecified atom stereocenters. The molecule has 0 amide bonds. The zero-order valence-electron chi connectivity index (χ0n) is 10.7. The van der Waals surface area contributed by atoms with E-state index in [4.69, 9.17) is 9.31 Å². The summed E-state index contributed by atoms with van der Waals surface area (Å²) in [7, 11) is -1.23. The van der Waals surface area contributed by atoms with Gasteiger partial charge in [0.05, 0.1) is 21.3 Å². The molecule has 0 aromatic heterocycles. The highest BCUT2D eigenvalue weighted by Crippen LogP contribution is 2.21. The molecule has 0 radical (unpaired) electrons. The van der Waals surface area contributed by atoms with E-state index in [9.17, 15) is 0 Å². The Hall–Kier alpha value is -0.318. The van der Waals surface area contributed by atoms with Crippen LogP contribution in [0.2, 0.25) is 18.1 Å². The highest BCUT2D eigenvalue weighted by Gasteiger charge is 2.22. The molecule has 0 bridgehead atoms. The van der Waals surface area contributed by atoms with E-state index in [1.54, 1.807) is 0 Å². The third kappa shape index (κ3) is 3.92. The van der Waals surface area contributed by atoms with E-state index in [0.29, 0.717) is 0 Å². The van der Waals surface area contributed by atoms with Crippen molar-refractivity contribution < 1.29 is 9.31 Å². The van der Waals surface area contributed by atoms with Crippen molar-refractivity contribution in [2.45, 2.75) is 38.9 Å². The van der Waals surface area contributed by atoms with Gasteiger partial charge in [-0.05, 0) is 0 Å². The van der Waals surface area contributed by atoms with Crippen molar-refractivity contribution in [3.63, 3.8) is 0 Å². The molecule has 90 valence electrons. The van der Waals surface area contributed by atoms with Gasteiger partial charge in [-0.15, -0.1) is 0 Å². The molecule has 0 N–H and O–H groups in total. The van der Waals surface area contributed by atoms with Crippen LogP contribution in [-0.4, -0.2) is 28.4 Å². The van der Waals surface area contributed by atoms with Crippen LogP contribution >= 0.6 is 0 Å². The Morgan fingerprint density at radius 1 is 1.00 bits per heavy atom. The molecule has 1 rings (SSSR count). The number of hydrogen-bond donors (Lipinski definition) is 0. The van der Waals surface area contributed by atoms with Gasteiger partial charge in [0, 0.05) is 0 Å². The lowest BCUT2D eigenvalue weighted by atomic mass is 9.91. The van der Waals surface area contributed by atoms with E-state index < -0.39 is 8.07 Å². The maximum Gasteiger partial charge on any atom is 0.486 e. The monoisotopic (exact) mass is 238 g/mol. The first kappa shape index (κ1) is 13.7. The summed E-state index contributed by atoms with van der Waals surface area (Å²) in [6, 6.07) is 4.00. The van der Waals surface area contributed by atoms with Gasteiger partial charge in [0.2, 0.25) is 0 Å². The molecule has 0 saturated carbocycles. The zero-order valence-corrected chi connectivity index (χ0v) is 11.7. The minimum atomic E-state index is -1.11. The van der Waals surface area contributed by atoms with Gasteiger partial charge in [-0.1, -0.05) is 62.7 Å². The van der Waals surface area contributed by atoms with E-state index in [2.05, 4.69) is 38.6 Å². The fraction of sp³-hybridized carbons (Fsp3) is 0.667. The summed E-state index contributed by atoms with van der Waals surface area (Å²) >= 11 is 0. The summed E-state index contributed by atoms with van der Waals surface area (Å²) in [5, 5.41) is 0. The number of rotatable bonds is 6. The summed E-state index contributed by atoms with van der Waals surface area (Å²) in [6.45, 7) is 8.38. The van der Waals surface area contributed by atoms with Crippen molar-refractivity contribution >= 4 is 15.2 Å². The number of hydrogen-bond acceptors (Lipinski definition) is 2. The van der Waals surface area contributed by atoms with Crippen molar-refractivity contribution in [3.8, 4) is 0 Å². The minimum absolute atomic E-state index is 0.120. The van der Waals surface area contributed by atoms with Crippen LogP contribution in [-0.2, 0) is 9.31 Å². The third-order valence-corrected chi connectivity index (χ3v) is 8.71. The molecule has 1 saturated heterocycles. The van der Waals surface area contributed by atoms with Crippen LogP contribution in [0.25, 0.3) is 0 Å². The third-order valence-electron chi connectivity index (χ3n) is 3.59. The highest BCUT2D eigenvalue weighted by atomic mass is 28.3. The molecule has 0 aromatic carbocycles. The lowest BCUT2D eigenvalue weighted by Gasteiger charge is -2.23. The second-order valence-electron chi connectivity index (χ2n) is 4.28. The highest BCUT2D eigenvalue weighted by molar-refractivity contribution is 6.84. The summed E-state index contributed by atoms with van der Waals surface area (Å²) in [4.78, 5) is 0. The van der Waals surface area contributed by atoms with E-state index >= 15 is 0 Å². The average molecular weight is 238 g/mol. The SMILES string of the molecule is CC[Si](/C=C/C=C/B1OCCO1)(CC)CC. The molecule has 1 aliphatic heterocycles. The van der Waals surface area contributed by atoms with Crippen LogP contribution in [0.1, 0.15) is 20.8 Å².